The zero-order valence-electron chi connectivity index (χ0n) is 16.3. The van der Waals surface area contributed by atoms with Crippen molar-refractivity contribution in [1.29, 1.82) is 0 Å². The number of allylic oxidation sites excluding steroid dienone is 2. The van der Waals surface area contributed by atoms with E-state index in [1.54, 1.807) is 41.3 Å². The van der Waals surface area contributed by atoms with E-state index in [0.717, 1.165) is 5.56 Å². The molecule has 1 saturated heterocycles. The minimum atomic E-state index is -0.400. The van der Waals surface area contributed by atoms with E-state index < -0.39 is 5.91 Å². The topological polar surface area (TPSA) is 67.9 Å². The van der Waals surface area contributed by atoms with Crippen LogP contribution in [0.15, 0.2) is 72.4 Å². The highest BCUT2D eigenvalue weighted by atomic mass is 16.5. The van der Waals surface area contributed by atoms with E-state index in [1.165, 1.54) is 7.11 Å². The molecule has 0 radical (unpaired) electrons. The Morgan fingerprint density at radius 2 is 1.72 bits per heavy atom. The van der Waals surface area contributed by atoms with Crippen molar-refractivity contribution >= 4 is 17.9 Å². The number of nitrogens with zero attached hydrogens (tertiary/aromatic N) is 1. The maximum Gasteiger partial charge on any atom is 0.270 e. The highest BCUT2D eigenvalue weighted by Crippen LogP contribution is 2.17. The Hall–Kier alpha value is -3.38. The van der Waals surface area contributed by atoms with Crippen LogP contribution in [0, 0.1) is 0 Å². The maximum atomic E-state index is 13.0. The van der Waals surface area contributed by atoms with E-state index >= 15 is 0 Å². The van der Waals surface area contributed by atoms with Gasteiger partial charge in [-0.2, -0.15) is 0 Å². The number of benzene rings is 2. The molecule has 0 aliphatic carbocycles. The molecule has 1 heterocycles. The first kappa shape index (κ1) is 20.4. The second kappa shape index (κ2) is 10.2. The van der Waals surface area contributed by atoms with Crippen molar-refractivity contribution in [2.75, 3.05) is 33.4 Å². The number of morpholine rings is 1. The van der Waals surface area contributed by atoms with Gasteiger partial charge in [0.2, 0.25) is 0 Å². The van der Waals surface area contributed by atoms with Crippen LogP contribution in [0.5, 0.6) is 5.75 Å². The summed E-state index contributed by atoms with van der Waals surface area (Å²) in [4.78, 5) is 27.5. The Balaban J connectivity index is 1.83. The summed E-state index contributed by atoms with van der Waals surface area (Å²) in [6.07, 6.45) is 5.26. The molecule has 2 amide bonds. The molecule has 0 atom stereocenters. The number of rotatable bonds is 6. The lowest BCUT2D eigenvalue weighted by atomic mass is 10.1. The van der Waals surface area contributed by atoms with Gasteiger partial charge in [-0.15, -0.1) is 0 Å². The second-order valence-electron chi connectivity index (χ2n) is 6.41. The molecule has 0 saturated carbocycles. The van der Waals surface area contributed by atoms with Crippen molar-refractivity contribution in [3.63, 3.8) is 0 Å². The molecule has 2 aromatic rings. The molecule has 1 fully saturated rings. The Morgan fingerprint density at radius 1 is 1.03 bits per heavy atom. The molecular formula is C23H24N2O4. The molecule has 0 bridgehead atoms. The van der Waals surface area contributed by atoms with E-state index in [4.69, 9.17) is 9.47 Å². The average molecular weight is 392 g/mol. The number of carbonyl (C=O) groups excluding carboxylic acids is 2. The first-order valence-corrected chi connectivity index (χ1v) is 9.44. The Labute approximate surface area is 170 Å². The molecule has 0 unspecified atom stereocenters. The summed E-state index contributed by atoms with van der Waals surface area (Å²) < 4.78 is 10.6. The van der Waals surface area contributed by atoms with Crippen LogP contribution in [0.4, 0.5) is 0 Å². The summed E-state index contributed by atoms with van der Waals surface area (Å²) in [5.41, 5.74) is 1.57. The van der Waals surface area contributed by atoms with Gasteiger partial charge in [-0.05, 0) is 23.8 Å². The van der Waals surface area contributed by atoms with Crippen LogP contribution >= 0.6 is 0 Å². The van der Waals surface area contributed by atoms with Crippen molar-refractivity contribution < 1.29 is 19.1 Å². The second-order valence-corrected chi connectivity index (χ2v) is 6.41. The fraction of sp³-hybridized carbons (Fsp3) is 0.217. The molecule has 1 N–H and O–H groups in total. The van der Waals surface area contributed by atoms with Gasteiger partial charge in [0.15, 0.2) is 0 Å². The predicted octanol–water partition coefficient (Wildman–Crippen LogP) is 2.88. The lowest BCUT2D eigenvalue weighted by Crippen LogP contribution is -2.44. The molecular weight excluding hydrogens is 368 g/mol. The lowest BCUT2D eigenvalue weighted by molar-refractivity contribution is -0.131. The van der Waals surface area contributed by atoms with Gasteiger partial charge in [0, 0.05) is 13.1 Å². The molecule has 29 heavy (non-hydrogen) atoms. The summed E-state index contributed by atoms with van der Waals surface area (Å²) in [6.45, 7) is 1.95. The van der Waals surface area contributed by atoms with Gasteiger partial charge >= 0.3 is 0 Å². The zero-order chi connectivity index (χ0) is 20.5. The first-order chi connectivity index (χ1) is 14.2. The quantitative estimate of drug-likeness (QED) is 0.606. The zero-order valence-corrected chi connectivity index (χ0v) is 16.3. The molecule has 0 aromatic heterocycles. The minimum absolute atomic E-state index is 0.204. The molecule has 3 rings (SSSR count). The molecule has 2 aromatic carbocycles. The number of hydrogen-bond acceptors (Lipinski definition) is 4. The van der Waals surface area contributed by atoms with Crippen molar-refractivity contribution in [3.05, 3.63) is 83.6 Å². The highest BCUT2D eigenvalue weighted by Gasteiger charge is 2.23. The van der Waals surface area contributed by atoms with Crippen LogP contribution in [-0.2, 0) is 9.53 Å². The normalized spacial score (nSPS) is 14.7. The van der Waals surface area contributed by atoms with Crippen LogP contribution in [-0.4, -0.2) is 50.1 Å². The SMILES string of the molecule is COc1ccccc1C(=O)N/C(=C/C=C/c1ccccc1)C(=O)N1CCOCC1. The van der Waals surface area contributed by atoms with Crippen LogP contribution in [0.3, 0.4) is 0 Å². The van der Waals surface area contributed by atoms with Crippen molar-refractivity contribution in [3.8, 4) is 5.75 Å². The third-order valence-corrected chi connectivity index (χ3v) is 4.48. The van der Waals surface area contributed by atoms with Gasteiger partial charge in [-0.1, -0.05) is 54.6 Å². The smallest absolute Gasteiger partial charge is 0.270 e. The minimum Gasteiger partial charge on any atom is -0.496 e. The van der Waals surface area contributed by atoms with Gasteiger partial charge in [-0.3, -0.25) is 9.59 Å². The predicted molar refractivity (Wildman–Crippen MR) is 111 cm³/mol. The molecule has 1 aliphatic rings. The number of nitrogens with one attached hydrogen (secondary N) is 1. The van der Waals surface area contributed by atoms with E-state index in [0.29, 0.717) is 37.6 Å². The number of methoxy groups -OCH3 is 1. The molecule has 6 heteroatoms. The first-order valence-electron chi connectivity index (χ1n) is 9.44. The molecule has 6 nitrogen and oxygen atoms in total. The standard InChI is InChI=1S/C23H24N2O4/c1-28-21-13-6-5-11-19(21)22(26)24-20(23(27)25-14-16-29-17-15-25)12-7-10-18-8-3-2-4-9-18/h2-13H,14-17H2,1H3,(H,24,26)/b10-7+,20-12+. The number of hydrogen-bond donors (Lipinski definition) is 1. The van der Waals surface area contributed by atoms with Crippen molar-refractivity contribution in [2.24, 2.45) is 0 Å². The fourth-order valence-electron chi connectivity index (χ4n) is 2.94. The molecule has 1 aliphatic heterocycles. The van der Waals surface area contributed by atoms with Gasteiger partial charge in [0.05, 0.1) is 25.9 Å². The third kappa shape index (κ3) is 5.56. The summed E-state index contributed by atoms with van der Waals surface area (Å²) >= 11 is 0. The average Bonchev–Trinajstić information content (AvgIpc) is 2.79. The Bertz CT molecular complexity index is 900. The summed E-state index contributed by atoms with van der Waals surface area (Å²) in [6, 6.07) is 16.6. The number of para-hydroxylation sites is 1. The van der Waals surface area contributed by atoms with Crippen molar-refractivity contribution in [1.82, 2.24) is 10.2 Å². The van der Waals surface area contributed by atoms with E-state index in [1.807, 2.05) is 36.4 Å². The summed E-state index contributed by atoms with van der Waals surface area (Å²) in [5, 5.41) is 2.75. The van der Waals surface area contributed by atoms with Crippen LogP contribution in [0.1, 0.15) is 15.9 Å². The lowest BCUT2D eigenvalue weighted by Gasteiger charge is -2.27. The van der Waals surface area contributed by atoms with E-state index in [-0.39, 0.29) is 11.6 Å². The van der Waals surface area contributed by atoms with Crippen LogP contribution in [0.2, 0.25) is 0 Å². The summed E-state index contributed by atoms with van der Waals surface area (Å²) in [7, 11) is 1.50. The monoisotopic (exact) mass is 392 g/mol. The van der Waals surface area contributed by atoms with E-state index in [9.17, 15) is 9.59 Å². The molecule has 0 spiro atoms. The fourth-order valence-corrected chi connectivity index (χ4v) is 2.94. The largest absolute Gasteiger partial charge is 0.496 e. The number of ether oxygens (including phenoxy) is 2. The highest BCUT2D eigenvalue weighted by molar-refractivity contribution is 6.04. The van der Waals surface area contributed by atoms with Gasteiger partial charge < -0.3 is 19.7 Å². The maximum absolute atomic E-state index is 13.0. The van der Waals surface area contributed by atoms with Crippen molar-refractivity contribution in [2.45, 2.75) is 0 Å². The van der Waals surface area contributed by atoms with Gasteiger partial charge in [0.1, 0.15) is 11.4 Å². The third-order valence-electron chi connectivity index (χ3n) is 4.48. The molecule has 150 valence electrons. The number of amides is 2. The van der Waals surface area contributed by atoms with Crippen LogP contribution < -0.4 is 10.1 Å². The Morgan fingerprint density at radius 3 is 2.45 bits per heavy atom. The van der Waals surface area contributed by atoms with Crippen LogP contribution in [0.25, 0.3) is 6.08 Å². The van der Waals surface area contributed by atoms with Gasteiger partial charge in [-0.25, -0.2) is 0 Å². The number of carbonyl (C=O) groups is 2. The van der Waals surface area contributed by atoms with E-state index in [2.05, 4.69) is 5.32 Å². The Kier molecular flexibility index (Phi) is 7.19. The summed E-state index contributed by atoms with van der Waals surface area (Å²) in [5.74, 6) is -0.194. The van der Waals surface area contributed by atoms with Gasteiger partial charge in [0.25, 0.3) is 11.8 Å².